The zero-order chi connectivity index (χ0) is 14.8. The minimum atomic E-state index is -3.21. The summed E-state index contributed by atoms with van der Waals surface area (Å²) >= 11 is 0. The van der Waals surface area contributed by atoms with Crippen molar-refractivity contribution < 1.29 is 13.2 Å². The monoisotopic (exact) mass is 294 g/mol. The van der Waals surface area contributed by atoms with Gasteiger partial charge in [0.1, 0.15) is 12.0 Å². The van der Waals surface area contributed by atoms with E-state index in [9.17, 15) is 8.42 Å². The predicted octanol–water partition coefficient (Wildman–Crippen LogP) is 1.21. The van der Waals surface area contributed by atoms with Crippen molar-refractivity contribution in [2.24, 2.45) is 0 Å². The van der Waals surface area contributed by atoms with Crippen molar-refractivity contribution in [2.45, 2.75) is 4.90 Å². The normalized spacial score (nSPS) is 11.1. The van der Waals surface area contributed by atoms with Crippen LogP contribution in [0.25, 0.3) is 0 Å². The number of aromatic nitrogens is 2. The summed E-state index contributed by atoms with van der Waals surface area (Å²) in [7, 11) is -1.75. The van der Waals surface area contributed by atoms with E-state index in [2.05, 4.69) is 15.3 Å². The molecule has 0 spiro atoms. The van der Waals surface area contributed by atoms with Gasteiger partial charge in [-0.05, 0) is 24.3 Å². The average Bonchev–Trinajstić information content (AvgIpc) is 2.41. The van der Waals surface area contributed by atoms with Crippen molar-refractivity contribution in [3.8, 4) is 5.88 Å². The van der Waals surface area contributed by atoms with Crippen molar-refractivity contribution in [1.29, 1.82) is 0 Å². The maximum atomic E-state index is 11.4. The van der Waals surface area contributed by atoms with Gasteiger partial charge in [-0.3, -0.25) is 0 Å². The third-order valence-corrected chi connectivity index (χ3v) is 3.71. The van der Waals surface area contributed by atoms with Crippen molar-refractivity contribution in [1.82, 2.24) is 9.97 Å². The van der Waals surface area contributed by atoms with Gasteiger partial charge in [-0.1, -0.05) is 0 Å². The molecule has 0 atom stereocenters. The van der Waals surface area contributed by atoms with Gasteiger partial charge in [-0.2, -0.15) is 4.98 Å². The van der Waals surface area contributed by atoms with Gasteiger partial charge in [0.25, 0.3) is 0 Å². The molecule has 2 rings (SSSR count). The zero-order valence-electron chi connectivity index (χ0n) is 11.0. The maximum absolute atomic E-state index is 11.4. The third-order valence-electron chi connectivity index (χ3n) is 2.59. The van der Waals surface area contributed by atoms with Gasteiger partial charge in [-0.25, -0.2) is 13.4 Å². The fourth-order valence-corrected chi connectivity index (χ4v) is 2.19. The lowest BCUT2D eigenvalue weighted by Gasteiger charge is -2.10. The zero-order valence-corrected chi connectivity index (χ0v) is 11.8. The largest absolute Gasteiger partial charge is 0.479 e. The van der Waals surface area contributed by atoms with Crippen molar-refractivity contribution in [2.75, 3.05) is 24.4 Å². The Kier molecular flexibility index (Phi) is 3.75. The Morgan fingerprint density at radius 2 is 1.85 bits per heavy atom. The first-order valence-corrected chi connectivity index (χ1v) is 7.52. The fraction of sp³-hybridized carbons (Fsp3) is 0.167. The second-order valence-corrected chi connectivity index (χ2v) is 6.08. The first kappa shape index (κ1) is 14.1. The van der Waals surface area contributed by atoms with E-state index in [1.54, 1.807) is 12.1 Å². The highest BCUT2D eigenvalue weighted by Crippen LogP contribution is 2.27. The topological polar surface area (TPSA) is 107 Å². The number of nitrogens with two attached hydrogens (primary N) is 1. The summed E-state index contributed by atoms with van der Waals surface area (Å²) in [5, 5.41) is 2.97. The fourth-order valence-electron chi connectivity index (χ4n) is 1.56. The van der Waals surface area contributed by atoms with E-state index in [0.29, 0.717) is 11.5 Å². The van der Waals surface area contributed by atoms with Crippen LogP contribution >= 0.6 is 0 Å². The number of nitrogens with zero attached hydrogens (tertiary/aromatic N) is 2. The summed E-state index contributed by atoms with van der Waals surface area (Å²) in [4.78, 5) is 8.12. The summed E-state index contributed by atoms with van der Waals surface area (Å²) < 4.78 is 27.7. The van der Waals surface area contributed by atoms with Gasteiger partial charge in [0.05, 0.1) is 12.0 Å². The number of methoxy groups -OCH3 is 1. The molecule has 0 bridgehead atoms. The highest BCUT2D eigenvalue weighted by atomic mass is 32.2. The molecule has 2 aromatic rings. The van der Waals surface area contributed by atoms with Gasteiger partial charge in [0.2, 0.25) is 5.88 Å². The summed E-state index contributed by atoms with van der Waals surface area (Å²) in [6, 6.07) is 6.27. The van der Waals surface area contributed by atoms with E-state index in [1.807, 2.05) is 0 Å². The van der Waals surface area contributed by atoms with Crippen molar-refractivity contribution >= 4 is 27.0 Å². The van der Waals surface area contributed by atoms with Crippen molar-refractivity contribution in [3.05, 3.63) is 30.6 Å². The summed E-state index contributed by atoms with van der Waals surface area (Å²) in [6.07, 6.45) is 2.48. The van der Waals surface area contributed by atoms with Crippen LogP contribution in [0.1, 0.15) is 0 Å². The molecule has 8 heteroatoms. The van der Waals surface area contributed by atoms with E-state index in [1.165, 1.54) is 25.6 Å². The molecule has 1 aromatic heterocycles. The molecule has 0 saturated carbocycles. The molecule has 7 nitrogen and oxygen atoms in total. The minimum Gasteiger partial charge on any atom is -0.479 e. The summed E-state index contributed by atoms with van der Waals surface area (Å²) in [5.74, 6) is 0.666. The lowest BCUT2D eigenvalue weighted by atomic mass is 10.3. The first-order chi connectivity index (χ1) is 9.41. The lowest BCUT2D eigenvalue weighted by molar-refractivity contribution is 0.399. The van der Waals surface area contributed by atoms with E-state index in [4.69, 9.17) is 10.5 Å². The number of ether oxygens (including phenoxy) is 1. The molecule has 0 unspecified atom stereocenters. The number of hydrogen-bond acceptors (Lipinski definition) is 7. The van der Waals surface area contributed by atoms with Gasteiger partial charge >= 0.3 is 0 Å². The smallest absolute Gasteiger partial charge is 0.242 e. The number of nitrogens with one attached hydrogen (secondary N) is 1. The summed E-state index contributed by atoms with van der Waals surface area (Å²) in [5.41, 5.74) is 6.77. The first-order valence-electron chi connectivity index (χ1n) is 5.63. The Bertz CT molecular complexity index is 714. The molecule has 0 aliphatic rings. The number of hydrogen-bond donors (Lipinski definition) is 2. The van der Waals surface area contributed by atoms with Crippen LogP contribution in [0.2, 0.25) is 0 Å². The molecule has 0 fully saturated rings. The highest BCUT2D eigenvalue weighted by molar-refractivity contribution is 7.90. The molecular weight excluding hydrogens is 280 g/mol. The molecule has 1 aromatic carbocycles. The molecule has 0 radical (unpaired) electrons. The Morgan fingerprint density at radius 1 is 1.20 bits per heavy atom. The van der Waals surface area contributed by atoms with Crippen molar-refractivity contribution in [3.63, 3.8) is 0 Å². The molecular formula is C12H14N4O3S. The quantitative estimate of drug-likeness (QED) is 0.872. The van der Waals surface area contributed by atoms with E-state index < -0.39 is 9.84 Å². The van der Waals surface area contributed by atoms with Crippen LogP contribution < -0.4 is 15.8 Å². The van der Waals surface area contributed by atoms with E-state index in [0.717, 1.165) is 6.26 Å². The van der Waals surface area contributed by atoms with Crippen LogP contribution in [-0.4, -0.2) is 31.8 Å². The Balaban J connectivity index is 2.27. The number of benzene rings is 1. The van der Waals surface area contributed by atoms with Crippen LogP contribution in [0.5, 0.6) is 5.88 Å². The van der Waals surface area contributed by atoms with E-state index >= 15 is 0 Å². The van der Waals surface area contributed by atoms with Gasteiger partial charge < -0.3 is 15.8 Å². The Hall–Kier alpha value is -2.35. The molecule has 0 aliphatic carbocycles. The Labute approximate surface area is 116 Å². The number of anilines is 3. The second-order valence-electron chi connectivity index (χ2n) is 4.07. The standard InChI is InChI=1S/C12H14N4O3S/c1-19-12-10(13)11(14-7-15-12)16-8-3-5-9(6-4-8)20(2,17)18/h3-7H,13H2,1-2H3,(H,14,15,16). The molecule has 0 aliphatic heterocycles. The van der Waals surface area contributed by atoms with Gasteiger partial charge in [0.15, 0.2) is 15.7 Å². The Morgan fingerprint density at radius 3 is 2.40 bits per heavy atom. The number of nitrogen functional groups attached to an aromatic ring is 1. The predicted molar refractivity (Wildman–Crippen MR) is 75.8 cm³/mol. The van der Waals surface area contributed by atoms with Crippen LogP contribution in [0.4, 0.5) is 17.2 Å². The van der Waals surface area contributed by atoms with Crippen LogP contribution in [-0.2, 0) is 9.84 Å². The van der Waals surface area contributed by atoms with Crippen LogP contribution in [0.15, 0.2) is 35.5 Å². The maximum Gasteiger partial charge on any atom is 0.242 e. The molecule has 106 valence electrons. The minimum absolute atomic E-state index is 0.247. The molecule has 1 heterocycles. The van der Waals surface area contributed by atoms with Gasteiger partial charge in [-0.15, -0.1) is 0 Å². The molecule has 3 N–H and O–H groups in total. The van der Waals surface area contributed by atoms with Crippen LogP contribution in [0, 0.1) is 0 Å². The van der Waals surface area contributed by atoms with Gasteiger partial charge in [0, 0.05) is 11.9 Å². The molecule has 0 saturated heterocycles. The van der Waals surface area contributed by atoms with E-state index in [-0.39, 0.29) is 16.5 Å². The summed E-state index contributed by atoms with van der Waals surface area (Å²) in [6.45, 7) is 0. The highest BCUT2D eigenvalue weighted by Gasteiger charge is 2.10. The number of rotatable bonds is 4. The lowest BCUT2D eigenvalue weighted by Crippen LogP contribution is -2.03. The molecule has 0 amide bonds. The number of sulfone groups is 1. The van der Waals surface area contributed by atoms with Crippen LogP contribution in [0.3, 0.4) is 0 Å². The SMILES string of the molecule is COc1ncnc(Nc2ccc(S(C)(=O)=O)cc2)c1N. The average molecular weight is 294 g/mol. The second kappa shape index (κ2) is 5.33. The molecule has 20 heavy (non-hydrogen) atoms. The third kappa shape index (κ3) is 2.97.